The number of phenolic OH excluding ortho intramolecular Hbond substituents is 1. The van der Waals surface area contributed by atoms with Gasteiger partial charge in [-0.1, -0.05) is 30.3 Å². The number of rotatable bonds is 10. The van der Waals surface area contributed by atoms with E-state index in [1.54, 1.807) is 54.6 Å². The van der Waals surface area contributed by atoms with Gasteiger partial charge in [0.15, 0.2) is 5.75 Å². The van der Waals surface area contributed by atoms with Crippen molar-refractivity contribution in [2.75, 3.05) is 0 Å². The molecule has 0 aliphatic carbocycles. The third-order valence-corrected chi connectivity index (χ3v) is 10.9. The molecule has 1 N–H and O–H groups in total. The number of aryl methyl sites for hydroxylation is 2. The maximum Gasteiger partial charge on any atom is 1.00 e. The SMILES string of the molecule is Cc1cc(N=Nc2ccc(OS(=O)(=O)c3ccccc3)cc2)ccc1-c1ccc(N=Nc2c(S(=O)(=O)[O-])cc3cc(S(=O)(=O)[O-])ccc3c2O)cc1C.[Na+].[Na+]. The molecule has 0 radical (unpaired) electrons. The van der Waals surface area contributed by atoms with Crippen molar-refractivity contribution in [3.05, 3.63) is 126 Å². The molecule has 14 nitrogen and oxygen atoms in total. The quantitative estimate of drug-likeness (QED) is 0.0918. The van der Waals surface area contributed by atoms with E-state index in [9.17, 15) is 39.5 Å². The van der Waals surface area contributed by atoms with Gasteiger partial charge in [0, 0.05) is 5.39 Å². The third kappa shape index (κ3) is 10.3. The van der Waals surface area contributed by atoms with E-state index in [1.165, 1.54) is 24.3 Å². The summed E-state index contributed by atoms with van der Waals surface area (Å²) in [5.41, 5.74) is 4.00. The van der Waals surface area contributed by atoms with E-state index in [0.717, 1.165) is 46.5 Å². The molecule has 19 heteroatoms. The second-order valence-corrected chi connectivity index (χ2v) is 15.9. The Morgan fingerprint density at radius 1 is 0.564 bits per heavy atom. The number of benzene rings is 6. The van der Waals surface area contributed by atoms with Crippen LogP contribution in [0.15, 0.2) is 150 Å². The number of aromatic hydroxyl groups is 1. The van der Waals surface area contributed by atoms with Crippen LogP contribution in [0.1, 0.15) is 11.1 Å². The molecule has 0 fully saturated rings. The largest absolute Gasteiger partial charge is 1.00 e. The third-order valence-electron chi connectivity index (χ3n) is 7.91. The Morgan fingerprint density at radius 2 is 1.09 bits per heavy atom. The van der Waals surface area contributed by atoms with Crippen LogP contribution in [0.5, 0.6) is 11.5 Å². The Kier molecular flexibility index (Phi) is 14.0. The second kappa shape index (κ2) is 17.5. The summed E-state index contributed by atoms with van der Waals surface area (Å²) in [4.78, 5) is -1.59. The van der Waals surface area contributed by atoms with E-state index < -0.39 is 51.6 Å². The van der Waals surface area contributed by atoms with E-state index >= 15 is 0 Å². The molecule has 0 unspecified atom stereocenters. The second-order valence-electron chi connectivity index (χ2n) is 11.6. The van der Waals surface area contributed by atoms with Crippen LogP contribution in [-0.2, 0) is 30.4 Å². The average Bonchev–Trinajstić information content (AvgIpc) is 3.10. The first-order valence-electron chi connectivity index (χ1n) is 15.4. The van der Waals surface area contributed by atoms with Gasteiger partial charge in [-0.3, -0.25) is 0 Å². The Bertz CT molecular complexity index is 2800. The maximum absolute atomic E-state index is 12.5. The summed E-state index contributed by atoms with van der Waals surface area (Å²) < 4.78 is 101. The molecule has 0 spiro atoms. The number of phenols is 1. The molecule has 6 rings (SSSR count). The standard InChI is InChI=1S/C36H28N4O10S3.2Na/c1-22-18-26(38-37-25-8-12-28(13-9-25)50-53(48,49)29-6-4-3-5-7-29)10-15-31(22)32-16-11-27(19-23(32)2)39-40-35-34(52(45,46)47)21-24-20-30(51(42,43)44)14-17-33(24)36(35)41;;/h3-21,41H,1-2H3,(H,42,43,44)(H,45,46,47);;/q;2*+1/p-2. The van der Waals surface area contributed by atoms with Gasteiger partial charge in [0.25, 0.3) is 0 Å². The zero-order valence-corrected chi connectivity index (χ0v) is 36.1. The van der Waals surface area contributed by atoms with Gasteiger partial charge in [-0.05, 0) is 126 Å². The smallest absolute Gasteiger partial charge is 0.744 e. The minimum absolute atomic E-state index is 0. The monoisotopic (exact) mass is 816 g/mol. The molecule has 0 aromatic heterocycles. The van der Waals surface area contributed by atoms with Gasteiger partial charge in [0.1, 0.15) is 36.6 Å². The molecular weight excluding hydrogens is 791 g/mol. The zero-order chi connectivity index (χ0) is 38.1. The van der Waals surface area contributed by atoms with Crippen molar-refractivity contribution >= 4 is 63.9 Å². The first kappa shape index (κ1) is 43.9. The molecule has 0 saturated heterocycles. The number of hydrogen-bond acceptors (Lipinski definition) is 14. The van der Waals surface area contributed by atoms with E-state index in [2.05, 4.69) is 20.5 Å². The molecule has 0 atom stereocenters. The normalized spacial score (nSPS) is 12.1. The predicted octanol–water partition coefficient (Wildman–Crippen LogP) is 2.24. The number of hydrogen-bond donors (Lipinski definition) is 1. The minimum Gasteiger partial charge on any atom is -0.744 e. The number of fused-ring (bicyclic) bond motifs is 1. The molecule has 55 heavy (non-hydrogen) atoms. The average molecular weight is 817 g/mol. The molecule has 0 saturated carbocycles. The number of azo groups is 2. The van der Waals surface area contributed by atoms with Crippen LogP contribution < -0.4 is 63.3 Å². The van der Waals surface area contributed by atoms with Gasteiger partial charge >= 0.3 is 69.2 Å². The molecule has 6 aromatic carbocycles. The van der Waals surface area contributed by atoms with Crippen LogP contribution >= 0.6 is 0 Å². The van der Waals surface area contributed by atoms with E-state index in [1.807, 2.05) is 26.0 Å². The summed E-state index contributed by atoms with van der Waals surface area (Å²) >= 11 is 0. The Labute approximate surface area is 361 Å². The van der Waals surface area contributed by atoms with Crippen molar-refractivity contribution < 1.29 is 103 Å². The van der Waals surface area contributed by atoms with E-state index in [4.69, 9.17) is 4.18 Å². The molecule has 0 bridgehead atoms. The van der Waals surface area contributed by atoms with Crippen LogP contribution in [0.3, 0.4) is 0 Å². The van der Waals surface area contributed by atoms with Crippen molar-refractivity contribution in [1.29, 1.82) is 0 Å². The minimum atomic E-state index is -5.23. The first-order chi connectivity index (χ1) is 25.0. The van der Waals surface area contributed by atoms with Gasteiger partial charge < -0.3 is 18.4 Å². The molecule has 270 valence electrons. The van der Waals surface area contributed by atoms with Gasteiger partial charge in [0.2, 0.25) is 0 Å². The Hall–Kier alpha value is -3.85. The summed E-state index contributed by atoms with van der Waals surface area (Å²) in [6.45, 7) is 3.71. The summed E-state index contributed by atoms with van der Waals surface area (Å²) in [5.74, 6) is -0.614. The maximum atomic E-state index is 12.5. The molecular formula is C36H26N4Na2O10S3. The van der Waals surface area contributed by atoms with Crippen LogP contribution in [0.4, 0.5) is 22.7 Å². The molecule has 0 heterocycles. The summed E-state index contributed by atoms with van der Waals surface area (Å²) in [6.07, 6.45) is 0. The zero-order valence-electron chi connectivity index (χ0n) is 29.6. The van der Waals surface area contributed by atoms with Crippen molar-refractivity contribution in [3.63, 3.8) is 0 Å². The van der Waals surface area contributed by atoms with E-state index in [-0.39, 0.29) is 86.2 Å². The number of nitrogens with zero attached hydrogens (tertiary/aromatic N) is 4. The van der Waals surface area contributed by atoms with Gasteiger partial charge in [-0.25, -0.2) is 16.8 Å². The van der Waals surface area contributed by atoms with Gasteiger partial charge in [-0.2, -0.15) is 23.8 Å². The Balaban J connectivity index is 0.00000336. The van der Waals surface area contributed by atoms with Crippen LogP contribution in [0.2, 0.25) is 0 Å². The molecule has 0 aliphatic rings. The topological polar surface area (TPSA) is 227 Å². The van der Waals surface area contributed by atoms with Crippen molar-refractivity contribution in [1.82, 2.24) is 0 Å². The molecule has 0 amide bonds. The molecule has 0 aliphatic heterocycles. The van der Waals surface area contributed by atoms with Gasteiger partial charge in [-0.15, -0.1) is 5.11 Å². The van der Waals surface area contributed by atoms with Crippen molar-refractivity contribution in [2.45, 2.75) is 28.5 Å². The van der Waals surface area contributed by atoms with Crippen molar-refractivity contribution in [3.8, 4) is 22.6 Å². The Morgan fingerprint density at radius 3 is 1.62 bits per heavy atom. The summed E-state index contributed by atoms with van der Waals surface area (Å²) in [5, 5.41) is 27.1. The fourth-order valence-electron chi connectivity index (χ4n) is 5.35. The fraction of sp³-hybridized carbons (Fsp3) is 0.0556. The fourth-order valence-corrected chi connectivity index (χ4v) is 7.45. The van der Waals surface area contributed by atoms with Gasteiger partial charge in [0.05, 0.1) is 26.9 Å². The molecule has 6 aromatic rings. The van der Waals surface area contributed by atoms with Crippen LogP contribution in [0, 0.1) is 13.8 Å². The van der Waals surface area contributed by atoms with Crippen LogP contribution in [-0.4, -0.2) is 39.5 Å². The summed E-state index contributed by atoms with van der Waals surface area (Å²) in [7, 11) is -14.1. The summed E-state index contributed by atoms with van der Waals surface area (Å²) in [6, 6.07) is 28.1. The van der Waals surface area contributed by atoms with Crippen LogP contribution in [0.25, 0.3) is 21.9 Å². The first-order valence-corrected chi connectivity index (χ1v) is 19.6. The predicted molar refractivity (Wildman–Crippen MR) is 192 cm³/mol. The van der Waals surface area contributed by atoms with Crippen molar-refractivity contribution in [2.24, 2.45) is 20.5 Å². The van der Waals surface area contributed by atoms with E-state index in [0.29, 0.717) is 11.4 Å².